The summed E-state index contributed by atoms with van der Waals surface area (Å²) < 4.78 is 13.7. The van der Waals surface area contributed by atoms with Crippen LogP contribution in [-0.4, -0.2) is 40.7 Å². The summed E-state index contributed by atoms with van der Waals surface area (Å²) in [6, 6.07) is 6.16. The minimum absolute atomic E-state index is 0.0229. The Morgan fingerprint density at radius 1 is 1.24 bits per heavy atom. The normalized spacial score (nSPS) is 20.8. The van der Waals surface area contributed by atoms with E-state index in [0.29, 0.717) is 13.2 Å². The van der Waals surface area contributed by atoms with Gasteiger partial charge in [0.05, 0.1) is 42.6 Å². The maximum Gasteiger partial charge on any atom is 0.186 e. The van der Waals surface area contributed by atoms with Crippen molar-refractivity contribution in [1.82, 2.24) is 14.4 Å². The number of hydrogen-bond acceptors (Lipinski definition) is 6. The van der Waals surface area contributed by atoms with Crippen molar-refractivity contribution < 1.29 is 9.47 Å². The summed E-state index contributed by atoms with van der Waals surface area (Å²) in [4.78, 5) is 13.2. The molecule has 0 amide bonds. The first-order chi connectivity index (χ1) is 12.3. The highest BCUT2D eigenvalue weighted by Crippen LogP contribution is 2.32. The van der Waals surface area contributed by atoms with Crippen molar-refractivity contribution in [3.63, 3.8) is 0 Å². The van der Waals surface area contributed by atoms with E-state index < -0.39 is 0 Å². The zero-order chi connectivity index (χ0) is 16.8. The minimum Gasteiger partial charge on any atom is -0.375 e. The molecule has 3 aromatic rings. The summed E-state index contributed by atoms with van der Waals surface area (Å²) >= 11 is 1.76. The van der Waals surface area contributed by atoms with E-state index in [2.05, 4.69) is 28.5 Å². The number of imidazole rings is 1. The Bertz CT molecular complexity index is 896. The van der Waals surface area contributed by atoms with Crippen LogP contribution in [0, 0.1) is 6.92 Å². The third-order valence-corrected chi connectivity index (χ3v) is 6.00. The molecule has 0 radical (unpaired) electrons. The molecule has 0 bridgehead atoms. The SMILES string of the molecule is Cc1cccc2nc(C3CN(c4nc5c(s4)COCC5)CCO3)cn12. The lowest BCUT2D eigenvalue weighted by molar-refractivity contribution is 0.0373. The maximum atomic E-state index is 6.02. The number of nitrogens with zero attached hydrogens (tertiary/aromatic N) is 4. The molecule has 1 unspecified atom stereocenters. The van der Waals surface area contributed by atoms with Gasteiger partial charge in [0.2, 0.25) is 0 Å². The molecule has 0 aliphatic carbocycles. The summed E-state index contributed by atoms with van der Waals surface area (Å²) in [5.74, 6) is 0. The van der Waals surface area contributed by atoms with Crippen LogP contribution in [0.4, 0.5) is 5.13 Å². The molecular weight excluding hydrogens is 336 g/mol. The van der Waals surface area contributed by atoms with Gasteiger partial charge in [-0.3, -0.25) is 0 Å². The van der Waals surface area contributed by atoms with Crippen LogP contribution in [0.25, 0.3) is 5.65 Å². The number of morpholine rings is 1. The standard InChI is InChI=1S/C18H20N4O2S/c1-12-3-2-4-17-19-14(9-22(12)17)15-10-21(6-8-24-15)18-20-13-5-7-23-11-16(13)25-18/h2-4,9,15H,5-8,10-11H2,1H3. The Labute approximate surface area is 150 Å². The number of ether oxygens (including phenoxy) is 2. The van der Waals surface area contributed by atoms with Crippen molar-refractivity contribution in [3.05, 3.63) is 46.4 Å². The number of aryl methyl sites for hydroxylation is 1. The predicted molar refractivity (Wildman–Crippen MR) is 96.3 cm³/mol. The van der Waals surface area contributed by atoms with Gasteiger partial charge in [-0.2, -0.15) is 0 Å². The highest BCUT2D eigenvalue weighted by atomic mass is 32.1. The first kappa shape index (κ1) is 15.3. The van der Waals surface area contributed by atoms with Gasteiger partial charge in [-0.1, -0.05) is 17.4 Å². The number of rotatable bonds is 2. The smallest absolute Gasteiger partial charge is 0.186 e. The second-order valence-electron chi connectivity index (χ2n) is 6.54. The van der Waals surface area contributed by atoms with Gasteiger partial charge in [-0.15, -0.1) is 0 Å². The van der Waals surface area contributed by atoms with Crippen LogP contribution >= 0.6 is 11.3 Å². The molecule has 6 nitrogen and oxygen atoms in total. The average molecular weight is 356 g/mol. The van der Waals surface area contributed by atoms with Crippen LogP contribution in [0.3, 0.4) is 0 Å². The lowest BCUT2D eigenvalue weighted by atomic mass is 10.2. The third kappa shape index (κ3) is 2.72. The molecule has 0 saturated carbocycles. The van der Waals surface area contributed by atoms with Gasteiger partial charge < -0.3 is 18.8 Å². The van der Waals surface area contributed by atoms with Crippen molar-refractivity contribution in [3.8, 4) is 0 Å². The monoisotopic (exact) mass is 356 g/mol. The van der Waals surface area contributed by atoms with Gasteiger partial charge in [0, 0.05) is 24.9 Å². The highest BCUT2D eigenvalue weighted by molar-refractivity contribution is 7.15. The lowest BCUT2D eigenvalue weighted by Gasteiger charge is -2.31. The fourth-order valence-corrected chi connectivity index (χ4v) is 4.55. The average Bonchev–Trinajstić information content (AvgIpc) is 3.27. The highest BCUT2D eigenvalue weighted by Gasteiger charge is 2.27. The molecule has 3 aromatic heterocycles. The van der Waals surface area contributed by atoms with Crippen LogP contribution in [0.1, 0.15) is 28.1 Å². The number of thiazole rings is 1. The third-order valence-electron chi connectivity index (χ3n) is 4.86. The summed E-state index contributed by atoms with van der Waals surface area (Å²) in [5, 5.41) is 1.09. The van der Waals surface area contributed by atoms with E-state index >= 15 is 0 Å². The summed E-state index contributed by atoms with van der Waals surface area (Å²) in [7, 11) is 0. The van der Waals surface area contributed by atoms with Crippen molar-refractivity contribution in [2.45, 2.75) is 26.1 Å². The molecule has 130 valence electrons. The molecule has 1 fully saturated rings. The topological polar surface area (TPSA) is 51.9 Å². The second kappa shape index (κ2) is 6.09. The van der Waals surface area contributed by atoms with Gasteiger partial charge in [0.25, 0.3) is 0 Å². The summed E-state index contributed by atoms with van der Waals surface area (Å²) in [6.07, 6.45) is 3.00. The summed E-state index contributed by atoms with van der Waals surface area (Å²) in [6.45, 7) is 5.92. The van der Waals surface area contributed by atoms with Crippen molar-refractivity contribution in [1.29, 1.82) is 0 Å². The Morgan fingerprint density at radius 2 is 2.20 bits per heavy atom. The van der Waals surface area contributed by atoms with E-state index in [1.807, 2.05) is 12.1 Å². The second-order valence-corrected chi connectivity index (χ2v) is 7.60. The van der Waals surface area contributed by atoms with E-state index in [9.17, 15) is 0 Å². The van der Waals surface area contributed by atoms with Crippen molar-refractivity contribution >= 4 is 22.1 Å². The van der Waals surface area contributed by atoms with E-state index in [0.717, 1.165) is 42.6 Å². The Hall–Kier alpha value is -1.96. The van der Waals surface area contributed by atoms with Crippen LogP contribution in [0.5, 0.6) is 0 Å². The van der Waals surface area contributed by atoms with Gasteiger partial charge in [-0.25, -0.2) is 9.97 Å². The van der Waals surface area contributed by atoms with Gasteiger partial charge in [0.1, 0.15) is 11.8 Å². The fraction of sp³-hybridized carbons (Fsp3) is 0.444. The van der Waals surface area contributed by atoms with Gasteiger partial charge in [-0.05, 0) is 19.1 Å². The molecule has 1 saturated heterocycles. The molecule has 25 heavy (non-hydrogen) atoms. The zero-order valence-corrected chi connectivity index (χ0v) is 15.0. The predicted octanol–water partition coefficient (Wildman–Crippen LogP) is 2.75. The number of anilines is 1. The zero-order valence-electron chi connectivity index (χ0n) is 14.1. The first-order valence-electron chi connectivity index (χ1n) is 8.65. The maximum absolute atomic E-state index is 6.02. The van der Waals surface area contributed by atoms with E-state index in [4.69, 9.17) is 19.4 Å². The molecule has 1 atom stereocenters. The number of aromatic nitrogens is 3. The summed E-state index contributed by atoms with van der Waals surface area (Å²) in [5.41, 5.74) is 4.34. The van der Waals surface area contributed by atoms with Crippen molar-refractivity contribution in [2.24, 2.45) is 0 Å². The minimum atomic E-state index is -0.0229. The molecule has 0 aromatic carbocycles. The van der Waals surface area contributed by atoms with Gasteiger partial charge >= 0.3 is 0 Å². The lowest BCUT2D eigenvalue weighted by Crippen LogP contribution is -2.38. The largest absolute Gasteiger partial charge is 0.375 e. The molecule has 5 heterocycles. The Morgan fingerprint density at radius 3 is 3.08 bits per heavy atom. The molecule has 2 aliphatic heterocycles. The van der Waals surface area contributed by atoms with Crippen LogP contribution in [-0.2, 0) is 22.5 Å². The molecule has 0 N–H and O–H groups in total. The number of pyridine rings is 1. The van der Waals surface area contributed by atoms with Crippen LogP contribution in [0.2, 0.25) is 0 Å². The first-order valence-corrected chi connectivity index (χ1v) is 9.47. The molecule has 7 heteroatoms. The molecular formula is C18H20N4O2S. The van der Waals surface area contributed by atoms with Crippen LogP contribution in [0.15, 0.2) is 24.4 Å². The van der Waals surface area contributed by atoms with Crippen molar-refractivity contribution in [2.75, 3.05) is 31.2 Å². The molecule has 5 rings (SSSR count). The number of hydrogen-bond donors (Lipinski definition) is 0. The number of fused-ring (bicyclic) bond motifs is 2. The van der Waals surface area contributed by atoms with E-state index in [-0.39, 0.29) is 6.10 Å². The molecule has 2 aliphatic rings. The van der Waals surface area contributed by atoms with Gasteiger partial charge in [0.15, 0.2) is 5.13 Å². The Balaban J connectivity index is 1.41. The Kier molecular flexibility index (Phi) is 3.73. The quantitative estimate of drug-likeness (QED) is 0.707. The van der Waals surface area contributed by atoms with Crippen LogP contribution < -0.4 is 4.90 Å². The van der Waals surface area contributed by atoms with E-state index in [1.54, 1.807) is 11.3 Å². The van der Waals surface area contributed by atoms with E-state index in [1.165, 1.54) is 16.3 Å². The fourth-order valence-electron chi connectivity index (χ4n) is 3.47. The molecule has 0 spiro atoms.